The molecule has 2 heterocycles. The maximum absolute atomic E-state index is 12.8. The van der Waals surface area contributed by atoms with Gasteiger partial charge in [0.15, 0.2) is 0 Å². The van der Waals surface area contributed by atoms with Crippen molar-refractivity contribution in [2.75, 3.05) is 13.1 Å². The molecule has 176 valence electrons. The topological polar surface area (TPSA) is 79.5 Å². The first kappa shape index (κ1) is 26.7. The van der Waals surface area contributed by atoms with E-state index in [1.165, 1.54) is 11.1 Å². The van der Waals surface area contributed by atoms with Crippen molar-refractivity contribution in [3.8, 4) is 16.9 Å². The van der Waals surface area contributed by atoms with Crippen LogP contribution in [0.1, 0.15) is 52.9 Å². The van der Waals surface area contributed by atoms with Gasteiger partial charge >= 0.3 is 0 Å². The highest BCUT2D eigenvalue weighted by Gasteiger charge is 2.27. The zero-order chi connectivity index (χ0) is 21.8. The fourth-order valence-corrected chi connectivity index (χ4v) is 4.21. The summed E-state index contributed by atoms with van der Waals surface area (Å²) >= 11 is 0. The number of aryl methyl sites for hydroxylation is 1. The third kappa shape index (κ3) is 6.26. The SMILES string of the molecule is CCc1ncccc1C(=O)N1CCC(c2cc(CN)ccc2O)CC1.Cl.Cl.c1cc2cc-2c1. The van der Waals surface area contributed by atoms with E-state index in [9.17, 15) is 9.90 Å². The fraction of sp³-hybridized carbons (Fsp3) is 0.308. The Morgan fingerprint density at radius 1 is 1.06 bits per heavy atom. The molecule has 3 N–H and O–H groups in total. The summed E-state index contributed by atoms with van der Waals surface area (Å²) in [5.74, 6) is 0.640. The van der Waals surface area contributed by atoms with Gasteiger partial charge in [-0.25, -0.2) is 0 Å². The van der Waals surface area contributed by atoms with Gasteiger partial charge in [0.05, 0.1) is 11.3 Å². The van der Waals surface area contributed by atoms with Crippen LogP contribution in [0.3, 0.4) is 0 Å². The number of carbonyl (C=O) groups is 1. The Morgan fingerprint density at radius 3 is 2.30 bits per heavy atom. The third-order valence-electron chi connectivity index (χ3n) is 6.12. The largest absolute Gasteiger partial charge is 0.508 e. The summed E-state index contributed by atoms with van der Waals surface area (Å²) in [4.78, 5) is 19.0. The highest BCUT2D eigenvalue weighted by molar-refractivity contribution is 5.95. The molecule has 0 saturated carbocycles. The number of aromatic nitrogens is 1. The molecule has 0 spiro atoms. The number of amides is 1. The number of pyridine rings is 1. The molecule has 1 aromatic carbocycles. The lowest BCUT2D eigenvalue weighted by Crippen LogP contribution is -2.38. The lowest BCUT2D eigenvalue weighted by molar-refractivity contribution is 0.0711. The molecular formula is C26H31Cl2N3O2. The number of phenolic OH excluding ortho intramolecular Hbond substituents is 1. The zero-order valence-corrected chi connectivity index (χ0v) is 20.4. The van der Waals surface area contributed by atoms with Gasteiger partial charge in [-0.15, -0.1) is 24.8 Å². The summed E-state index contributed by atoms with van der Waals surface area (Å²) in [6, 6.07) is 17.7. The summed E-state index contributed by atoms with van der Waals surface area (Å²) < 4.78 is 0. The van der Waals surface area contributed by atoms with Gasteiger partial charge in [-0.1, -0.05) is 37.3 Å². The Labute approximate surface area is 207 Å². The standard InChI is InChI=1S/C20H25N3O2.C6H4.2ClH/c1-2-18-16(4-3-9-22-18)20(25)23-10-7-15(8-11-23)17-12-14(13-21)5-6-19(17)24;1-2-5-4-6(5)3-1;;/h3-6,9,12,15,24H,2,7-8,10-11,13,21H2,1H3;1-4H;2*1H. The molecule has 0 radical (unpaired) electrons. The smallest absolute Gasteiger partial charge is 0.255 e. The first-order chi connectivity index (χ1) is 15.1. The Balaban J connectivity index is 0.000000412. The number of rotatable bonds is 4. The number of aromatic hydroxyl groups is 1. The fourth-order valence-electron chi connectivity index (χ4n) is 4.21. The molecule has 1 saturated heterocycles. The Morgan fingerprint density at radius 2 is 1.76 bits per heavy atom. The summed E-state index contributed by atoms with van der Waals surface area (Å²) in [6.45, 7) is 3.85. The predicted molar refractivity (Wildman–Crippen MR) is 137 cm³/mol. The minimum Gasteiger partial charge on any atom is -0.508 e. The van der Waals surface area contributed by atoms with E-state index in [1.54, 1.807) is 12.3 Å². The molecule has 1 amide bonds. The Bertz CT molecular complexity index is 1070. The van der Waals surface area contributed by atoms with E-state index in [-0.39, 0.29) is 36.6 Å². The quantitative estimate of drug-likeness (QED) is 0.407. The molecule has 1 aromatic heterocycles. The number of carbonyl (C=O) groups excluding carboxylic acids is 1. The number of halogens is 2. The summed E-state index contributed by atoms with van der Waals surface area (Å²) in [7, 11) is 0. The molecule has 7 heteroatoms. The van der Waals surface area contributed by atoms with E-state index in [4.69, 9.17) is 5.73 Å². The molecule has 2 aliphatic carbocycles. The van der Waals surface area contributed by atoms with E-state index in [2.05, 4.69) is 29.2 Å². The maximum atomic E-state index is 12.8. The second-order valence-corrected chi connectivity index (χ2v) is 8.10. The van der Waals surface area contributed by atoms with Crippen LogP contribution in [0.5, 0.6) is 5.75 Å². The lowest BCUT2D eigenvalue weighted by Gasteiger charge is -2.33. The average Bonchev–Trinajstić information content (AvgIpc) is 3.43. The highest BCUT2D eigenvalue weighted by atomic mass is 35.5. The van der Waals surface area contributed by atoms with Crippen molar-refractivity contribution in [3.05, 3.63) is 83.2 Å². The van der Waals surface area contributed by atoms with Gasteiger partial charge in [0, 0.05) is 25.8 Å². The van der Waals surface area contributed by atoms with Gasteiger partial charge in [-0.3, -0.25) is 9.78 Å². The molecule has 0 bridgehead atoms. The third-order valence-corrected chi connectivity index (χ3v) is 6.12. The number of hydrogen-bond donors (Lipinski definition) is 2. The molecule has 3 aliphatic rings. The normalized spacial score (nSPS) is 13.7. The zero-order valence-electron chi connectivity index (χ0n) is 18.7. The molecule has 2 aromatic rings. The minimum absolute atomic E-state index is 0. The van der Waals surface area contributed by atoms with Gasteiger partial charge in [-0.05, 0) is 71.7 Å². The van der Waals surface area contributed by atoms with Crippen LogP contribution in [0.2, 0.25) is 0 Å². The Hall–Kier alpha value is -2.60. The second-order valence-electron chi connectivity index (χ2n) is 8.10. The average molecular weight is 488 g/mol. The summed E-state index contributed by atoms with van der Waals surface area (Å²) in [6.07, 6.45) is 4.16. The van der Waals surface area contributed by atoms with Crippen LogP contribution in [0, 0.1) is 0 Å². The number of likely N-dealkylation sites (tertiary alicyclic amines) is 1. The van der Waals surface area contributed by atoms with Crippen LogP contribution >= 0.6 is 24.8 Å². The number of hydrogen-bond acceptors (Lipinski definition) is 4. The van der Waals surface area contributed by atoms with Crippen molar-refractivity contribution in [1.82, 2.24) is 9.88 Å². The van der Waals surface area contributed by atoms with Gasteiger partial charge in [0.1, 0.15) is 5.75 Å². The van der Waals surface area contributed by atoms with E-state index in [0.29, 0.717) is 30.9 Å². The number of piperidine rings is 1. The van der Waals surface area contributed by atoms with E-state index in [1.807, 2.05) is 36.1 Å². The Kier molecular flexibility index (Phi) is 9.71. The van der Waals surface area contributed by atoms with E-state index in [0.717, 1.165) is 36.1 Å². The number of benzene rings is 2. The van der Waals surface area contributed by atoms with Crippen LogP contribution in [0.4, 0.5) is 0 Å². The molecule has 0 unspecified atom stereocenters. The first-order valence-electron chi connectivity index (χ1n) is 11.0. The van der Waals surface area contributed by atoms with Crippen LogP contribution in [0.15, 0.2) is 60.8 Å². The number of fused-ring (bicyclic) bond motifs is 1. The lowest BCUT2D eigenvalue weighted by atomic mass is 9.87. The number of phenols is 1. The molecule has 0 atom stereocenters. The van der Waals surface area contributed by atoms with Gasteiger partial charge in [0.2, 0.25) is 0 Å². The molecule has 5 rings (SSSR count). The molecule has 5 nitrogen and oxygen atoms in total. The van der Waals surface area contributed by atoms with Gasteiger partial charge < -0.3 is 15.7 Å². The van der Waals surface area contributed by atoms with Crippen molar-refractivity contribution in [3.63, 3.8) is 0 Å². The van der Waals surface area contributed by atoms with Crippen molar-refractivity contribution in [1.29, 1.82) is 0 Å². The molecule has 1 fully saturated rings. The molecular weight excluding hydrogens is 457 g/mol. The van der Waals surface area contributed by atoms with Crippen molar-refractivity contribution in [2.45, 2.75) is 38.6 Å². The van der Waals surface area contributed by atoms with Crippen LogP contribution in [-0.2, 0) is 13.0 Å². The summed E-state index contributed by atoms with van der Waals surface area (Å²) in [5.41, 5.74) is 12.1. The van der Waals surface area contributed by atoms with E-state index >= 15 is 0 Å². The van der Waals surface area contributed by atoms with Crippen LogP contribution in [-0.4, -0.2) is 34.0 Å². The minimum atomic E-state index is 0. The highest BCUT2D eigenvalue weighted by Crippen LogP contribution is 2.35. The van der Waals surface area contributed by atoms with Gasteiger partial charge in [0.25, 0.3) is 5.91 Å². The van der Waals surface area contributed by atoms with Crippen molar-refractivity contribution in [2.24, 2.45) is 5.73 Å². The predicted octanol–water partition coefficient (Wildman–Crippen LogP) is 5.34. The molecule has 33 heavy (non-hydrogen) atoms. The monoisotopic (exact) mass is 487 g/mol. The van der Waals surface area contributed by atoms with Crippen LogP contribution in [0.25, 0.3) is 11.1 Å². The second kappa shape index (κ2) is 12.0. The maximum Gasteiger partial charge on any atom is 0.255 e. The number of nitrogens with two attached hydrogens (primary N) is 1. The molecule has 1 aliphatic heterocycles. The summed E-state index contributed by atoms with van der Waals surface area (Å²) in [5, 5.41) is 10.2. The van der Waals surface area contributed by atoms with Gasteiger partial charge in [-0.2, -0.15) is 0 Å². The van der Waals surface area contributed by atoms with Crippen molar-refractivity contribution >= 4 is 30.7 Å². The van der Waals surface area contributed by atoms with Crippen LogP contribution < -0.4 is 5.73 Å². The number of nitrogens with zero attached hydrogens (tertiary/aromatic N) is 2. The van der Waals surface area contributed by atoms with E-state index < -0.39 is 0 Å². The van der Waals surface area contributed by atoms with Crippen molar-refractivity contribution < 1.29 is 9.90 Å². The first-order valence-corrected chi connectivity index (χ1v) is 11.0.